The molecule has 0 aromatic carbocycles. The first-order valence-corrected chi connectivity index (χ1v) is 3.96. The van der Waals surface area contributed by atoms with Crippen LogP contribution in [-0.4, -0.2) is 11.7 Å². The van der Waals surface area contributed by atoms with E-state index >= 15 is 0 Å². The number of primary amides is 1. The second-order valence-electron chi connectivity index (χ2n) is 2.64. The van der Waals surface area contributed by atoms with Crippen molar-refractivity contribution < 1.29 is 9.59 Å². The maximum atomic E-state index is 10.8. The molecule has 1 amide bonds. The summed E-state index contributed by atoms with van der Waals surface area (Å²) in [7, 11) is 0. The molecule has 64 valence electrons. The molecule has 3 nitrogen and oxygen atoms in total. The van der Waals surface area contributed by atoms with Gasteiger partial charge in [-0.2, -0.15) is 0 Å². The van der Waals surface area contributed by atoms with Crippen molar-refractivity contribution in [1.82, 2.24) is 0 Å². The Kier molecular flexibility index (Phi) is 5.43. The van der Waals surface area contributed by atoms with Crippen LogP contribution < -0.4 is 5.73 Å². The van der Waals surface area contributed by atoms with Crippen LogP contribution in [0.2, 0.25) is 0 Å². The Balaban J connectivity index is 3.30. The molecule has 0 fully saturated rings. The Bertz CT molecular complexity index is 143. The predicted octanol–water partition coefficient (Wildman–Crippen LogP) is 1.01. The zero-order valence-electron chi connectivity index (χ0n) is 6.93. The smallest absolute Gasteiger partial charge is 0.224 e. The quantitative estimate of drug-likeness (QED) is 0.462. The minimum absolute atomic E-state index is 0.0362. The fourth-order valence-electron chi connectivity index (χ4n) is 0.855. The summed E-state index contributed by atoms with van der Waals surface area (Å²) in [6.07, 6.45) is 3.41. The highest BCUT2D eigenvalue weighted by molar-refractivity contribution is 5.97. The van der Waals surface area contributed by atoms with Crippen LogP contribution in [0.1, 0.15) is 39.0 Å². The third-order valence-corrected chi connectivity index (χ3v) is 1.43. The molecule has 0 heterocycles. The van der Waals surface area contributed by atoms with Gasteiger partial charge in [0.1, 0.15) is 5.78 Å². The number of ketones is 1. The van der Waals surface area contributed by atoms with Crippen molar-refractivity contribution in [2.24, 2.45) is 5.73 Å². The second-order valence-corrected chi connectivity index (χ2v) is 2.64. The SMILES string of the molecule is CCCCCC(=O)CC(N)=O. The summed E-state index contributed by atoms with van der Waals surface area (Å²) < 4.78 is 0. The van der Waals surface area contributed by atoms with Crippen LogP contribution in [0.4, 0.5) is 0 Å². The first-order chi connectivity index (χ1) is 5.16. The monoisotopic (exact) mass is 157 g/mol. The van der Waals surface area contributed by atoms with Gasteiger partial charge in [-0.05, 0) is 6.42 Å². The zero-order valence-corrected chi connectivity index (χ0v) is 6.93. The van der Waals surface area contributed by atoms with E-state index in [4.69, 9.17) is 5.73 Å². The molecule has 3 heteroatoms. The summed E-state index contributed by atoms with van der Waals surface area (Å²) in [5.41, 5.74) is 4.84. The lowest BCUT2D eigenvalue weighted by Crippen LogP contribution is -2.15. The van der Waals surface area contributed by atoms with Gasteiger partial charge in [0.2, 0.25) is 5.91 Å². The number of amides is 1. The Hall–Kier alpha value is -0.860. The van der Waals surface area contributed by atoms with Crippen LogP contribution in [0.15, 0.2) is 0 Å². The molecule has 11 heavy (non-hydrogen) atoms. The van der Waals surface area contributed by atoms with Crippen LogP contribution in [0.3, 0.4) is 0 Å². The molecule has 0 unspecified atom stereocenters. The molecule has 0 atom stereocenters. The number of hydrogen-bond acceptors (Lipinski definition) is 2. The molecule has 0 bridgehead atoms. The lowest BCUT2D eigenvalue weighted by atomic mass is 10.1. The van der Waals surface area contributed by atoms with Crippen LogP contribution in [0.25, 0.3) is 0 Å². The van der Waals surface area contributed by atoms with Gasteiger partial charge in [0.15, 0.2) is 0 Å². The van der Waals surface area contributed by atoms with E-state index in [2.05, 4.69) is 6.92 Å². The third-order valence-electron chi connectivity index (χ3n) is 1.43. The van der Waals surface area contributed by atoms with Gasteiger partial charge < -0.3 is 5.73 Å². The van der Waals surface area contributed by atoms with Gasteiger partial charge in [-0.25, -0.2) is 0 Å². The molecular weight excluding hydrogens is 142 g/mol. The lowest BCUT2D eigenvalue weighted by molar-refractivity contribution is -0.126. The van der Waals surface area contributed by atoms with E-state index in [9.17, 15) is 9.59 Å². The maximum absolute atomic E-state index is 10.8. The van der Waals surface area contributed by atoms with Gasteiger partial charge in [-0.15, -0.1) is 0 Å². The van der Waals surface area contributed by atoms with Crippen molar-refractivity contribution in [3.8, 4) is 0 Å². The molecule has 0 aliphatic heterocycles. The van der Waals surface area contributed by atoms with Crippen molar-refractivity contribution in [2.75, 3.05) is 0 Å². The van der Waals surface area contributed by atoms with E-state index in [1.165, 1.54) is 0 Å². The summed E-state index contributed by atoms with van der Waals surface area (Å²) >= 11 is 0. The highest BCUT2D eigenvalue weighted by atomic mass is 16.2. The van der Waals surface area contributed by atoms with Gasteiger partial charge in [0, 0.05) is 6.42 Å². The van der Waals surface area contributed by atoms with Gasteiger partial charge in [0.05, 0.1) is 6.42 Å². The van der Waals surface area contributed by atoms with Crippen LogP contribution in [-0.2, 0) is 9.59 Å². The average Bonchev–Trinajstić information content (AvgIpc) is 1.86. The molecule has 0 saturated heterocycles. The van der Waals surface area contributed by atoms with Gasteiger partial charge in [-0.3, -0.25) is 9.59 Å². The molecule has 0 aliphatic rings. The average molecular weight is 157 g/mol. The largest absolute Gasteiger partial charge is 0.369 e. The second kappa shape index (κ2) is 5.89. The molecule has 0 aromatic rings. The highest BCUT2D eigenvalue weighted by Crippen LogP contribution is 2.00. The minimum Gasteiger partial charge on any atom is -0.369 e. The summed E-state index contributed by atoms with van der Waals surface area (Å²) in [6.45, 7) is 2.07. The number of unbranched alkanes of at least 4 members (excludes halogenated alkanes) is 2. The number of hydrogen-bond donors (Lipinski definition) is 1. The third kappa shape index (κ3) is 7.03. The summed E-state index contributed by atoms with van der Waals surface area (Å²) in [4.78, 5) is 21.1. The van der Waals surface area contributed by atoms with Crippen molar-refractivity contribution in [1.29, 1.82) is 0 Å². The topological polar surface area (TPSA) is 60.2 Å². The van der Waals surface area contributed by atoms with Crippen molar-refractivity contribution in [2.45, 2.75) is 39.0 Å². The Morgan fingerprint density at radius 3 is 2.36 bits per heavy atom. The van der Waals surface area contributed by atoms with Gasteiger partial charge in [0.25, 0.3) is 0 Å². The minimum atomic E-state index is -0.522. The van der Waals surface area contributed by atoms with Crippen molar-refractivity contribution >= 4 is 11.7 Å². The predicted molar refractivity (Wildman–Crippen MR) is 43.0 cm³/mol. The van der Waals surface area contributed by atoms with Gasteiger partial charge >= 0.3 is 0 Å². The zero-order chi connectivity index (χ0) is 8.69. The van der Waals surface area contributed by atoms with E-state index in [1.54, 1.807) is 0 Å². The number of carbonyl (C=O) groups excluding carboxylic acids is 2. The number of nitrogens with two attached hydrogens (primary N) is 1. The molecular formula is C8H15NO2. The molecule has 0 saturated carbocycles. The maximum Gasteiger partial charge on any atom is 0.224 e. The van der Waals surface area contributed by atoms with E-state index in [1.807, 2.05) is 0 Å². The molecule has 0 aliphatic carbocycles. The first-order valence-electron chi connectivity index (χ1n) is 3.96. The van der Waals surface area contributed by atoms with E-state index in [-0.39, 0.29) is 12.2 Å². The standard InChI is InChI=1S/C8H15NO2/c1-2-3-4-5-7(10)6-8(9)11/h2-6H2,1H3,(H2,9,11). The first kappa shape index (κ1) is 10.1. The number of Topliss-reactive ketones (excluding diaryl/α,β-unsaturated/α-hetero) is 1. The Morgan fingerprint density at radius 1 is 1.27 bits per heavy atom. The lowest BCUT2D eigenvalue weighted by Gasteiger charge is -1.95. The van der Waals surface area contributed by atoms with Gasteiger partial charge in [-0.1, -0.05) is 19.8 Å². The highest BCUT2D eigenvalue weighted by Gasteiger charge is 2.04. The van der Waals surface area contributed by atoms with E-state index < -0.39 is 5.91 Å². The Morgan fingerprint density at radius 2 is 1.91 bits per heavy atom. The molecule has 2 N–H and O–H groups in total. The van der Waals surface area contributed by atoms with Crippen molar-refractivity contribution in [3.63, 3.8) is 0 Å². The number of carbonyl (C=O) groups is 2. The summed E-state index contributed by atoms with van der Waals surface area (Å²) in [5, 5.41) is 0. The van der Waals surface area contributed by atoms with E-state index in [0.717, 1.165) is 19.3 Å². The van der Waals surface area contributed by atoms with Crippen LogP contribution in [0, 0.1) is 0 Å². The fraction of sp³-hybridized carbons (Fsp3) is 0.750. The molecule has 0 aromatic heterocycles. The van der Waals surface area contributed by atoms with Crippen molar-refractivity contribution in [3.05, 3.63) is 0 Å². The summed E-state index contributed by atoms with van der Waals surface area (Å²) in [5.74, 6) is -0.558. The molecule has 0 rings (SSSR count). The van der Waals surface area contributed by atoms with Crippen LogP contribution in [0.5, 0.6) is 0 Å². The Labute approximate surface area is 67.0 Å². The summed E-state index contributed by atoms with van der Waals surface area (Å²) in [6, 6.07) is 0. The fourth-order valence-corrected chi connectivity index (χ4v) is 0.855. The molecule has 0 radical (unpaired) electrons. The normalized spacial score (nSPS) is 9.55. The number of rotatable bonds is 6. The van der Waals surface area contributed by atoms with Crippen LogP contribution >= 0.6 is 0 Å². The van der Waals surface area contributed by atoms with E-state index in [0.29, 0.717) is 6.42 Å². The molecule has 0 spiro atoms.